The average molecular weight is 421 g/mol. The summed E-state index contributed by atoms with van der Waals surface area (Å²) >= 11 is 0. The number of rotatable bonds is 2. The highest BCUT2D eigenvalue weighted by atomic mass is 16.7. The molecule has 31 heavy (non-hydrogen) atoms. The van der Waals surface area contributed by atoms with Crippen LogP contribution in [-0.2, 0) is 19.9 Å². The Hall–Kier alpha value is -3.43. The molecule has 2 fully saturated rings. The standard InChI is InChI=1S/C22H19N3O6/c1-10(26)18-16-17(22(24-18)12-4-2-3-5-13(12)23-21(22)29)20(28)25(19(16)27)11-6-7-14-15(8-11)31-9-30-14/h2-8,10,16-18,24,26H,9H2,1H3,(H,23,29). The average Bonchev–Trinajstić information content (AvgIpc) is 3.47. The Kier molecular flexibility index (Phi) is 3.58. The smallest absolute Gasteiger partial charge is 0.250 e. The van der Waals surface area contributed by atoms with E-state index in [9.17, 15) is 19.5 Å². The maximum Gasteiger partial charge on any atom is 0.250 e. The number of imide groups is 1. The highest BCUT2D eigenvalue weighted by Gasteiger charge is 2.71. The van der Waals surface area contributed by atoms with Gasteiger partial charge >= 0.3 is 0 Å². The highest BCUT2D eigenvalue weighted by molar-refractivity contribution is 6.26. The van der Waals surface area contributed by atoms with Crippen LogP contribution in [0.4, 0.5) is 11.4 Å². The van der Waals surface area contributed by atoms with E-state index in [0.29, 0.717) is 28.4 Å². The lowest BCUT2D eigenvalue weighted by Gasteiger charge is -2.30. The Morgan fingerprint density at radius 1 is 1.10 bits per heavy atom. The summed E-state index contributed by atoms with van der Waals surface area (Å²) in [6.07, 6.45) is -0.958. The predicted molar refractivity (Wildman–Crippen MR) is 107 cm³/mol. The summed E-state index contributed by atoms with van der Waals surface area (Å²) in [4.78, 5) is 41.6. The van der Waals surface area contributed by atoms with Gasteiger partial charge in [-0.05, 0) is 25.1 Å². The van der Waals surface area contributed by atoms with Crippen molar-refractivity contribution in [2.45, 2.75) is 24.6 Å². The van der Waals surface area contributed by atoms with Gasteiger partial charge in [-0.3, -0.25) is 19.7 Å². The van der Waals surface area contributed by atoms with Crippen LogP contribution in [0, 0.1) is 11.8 Å². The molecule has 4 heterocycles. The van der Waals surface area contributed by atoms with Gasteiger partial charge < -0.3 is 19.9 Å². The van der Waals surface area contributed by atoms with Crippen molar-refractivity contribution in [1.29, 1.82) is 0 Å². The van der Waals surface area contributed by atoms with Gasteiger partial charge in [-0.1, -0.05) is 18.2 Å². The summed E-state index contributed by atoms with van der Waals surface area (Å²) in [6, 6.07) is 11.2. The van der Waals surface area contributed by atoms with Crippen LogP contribution in [0.1, 0.15) is 12.5 Å². The van der Waals surface area contributed by atoms with Crippen molar-refractivity contribution in [3.63, 3.8) is 0 Å². The fourth-order valence-electron chi connectivity index (χ4n) is 5.38. The van der Waals surface area contributed by atoms with Crippen molar-refractivity contribution in [2.24, 2.45) is 11.8 Å². The predicted octanol–water partition coefficient (Wildman–Crippen LogP) is 0.721. The lowest BCUT2D eigenvalue weighted by atomic mass is 9.76. The van der Waals surface area contributed by atoms with E-state index >= 15 is 0 Å². The van der Waals surface area contributed by atoms with E-state index in [1.54, 1.807) is 49.4 Å². The summed E-state index contributed by atoms with van der Waals surface area (Å²) in [5, 5.41) is 16.4. The Labute approximate surface area is 176 Å². The van der Waals surface area contributed by atoms with Crippen molar-refractivity contribution in [1.82, 2.24) is 5.32 Å². The largest absolute Gasteiger partial charge is 0.454 e. The van der Waals surface area contributed by atoms with Crippen LogP contribution < -0.4 is 25.0 Å². The van der Waals surface area contributed by atoms with Gasteiger partial charge in [-0.15, -0.1) is 0 Å². The number of aliphatic hydroxyl groups is 1. The Morgan fingerprint density at radius 3 is 2.68 bits per heavy atom. The fourth-order valence-corrected chi connectivity index (χ4v) is 5.38. The second-order valence-corrected chi connectivity index (χ2v) is 8.27. The first-order valence-electron chi connectivity index (χ1n) is 10.1. The number of carbonyl (C=O) groups excluding carboxylic acids is 3. The van der Waals surface area contributed by atoms with Gasteiger partial charge in [0.25, 0.3) is 0 Å². The number of amides is 3. The lowest BCUT2D eigenvalue weighted by Crippen LogP contribution is -2.54. The Morgan fingerprint density at radius 2 is 1.87 bits per heavy atom. The molecule has 9 nitrogen and oxygen atoms in total. The van der Waals surface area contributed by atoms with Crippen molar-refractivity contribution in [3.05, 3.63) is 48.0 Å². The SMILES string of the molecule is CC(O)C1NC2(C(=O)Nc3ccccc32)C2C(=O)N(c3ccc4c(c3)OCO4)C(=O)C12. The van der Waals surface area contributed by atoms with Gasteiger partial charge in [0.1, 0.15) is 5.54 Å². The van der Waals surface area contributed by atoms with E-state index < -0.39 is 47.2 Å². The van der Waals surface area contributed by atoms with Gasteiger partial charge in [-0.25, -0.2) is 4.90 Å². The molecule has 2 aromatic rings. The quantitative estimate of drug-likeness (QED) is 0.612. The molecule has 0 bridgehead atoms. The maximum atomic E-state index is 13.7. The minimum absolute atomic E-state index is 0.0695. The lowest BCUT2D eigenvalue weighted by molar-refractivity contribution is -0.130. The van der Waals surface area contributed by atoms with Crippen molar-refractivity contribution >= 4 is 29.1 Å². The first-order chi connectivity index (χ1) is 14.9. The van der Waals surface area contributed by atoms with E-state index in [4.69, 9.17) is 9.47 Å². The summed E-state index contributed by atoms with van der Waals surface area (Å²) in [7, 11) is 0. The van der Waals surface area contributed by atoms with E-state index in [1.165, 1.54) is 0 Å². The van der Waals surface area contributed by atoms with Crippen LogP contribution in [0.25, 0.3) is 0 Å². The third-order valence-electron chi connectivity index (χ3n) is 6.69. The normalized spacial score (nSPS) is 31.2. The number of carbonyl (C=O) groups is 3. The van der Waals surface area contributed by atoms with Crippen LogP contribution in [-0.4, -0.2) is 41.8 Å². The number of anilines is 2. The van der Waals surface area contributed by atoms with Crippen LogP contribution in [0.2, 0.25) is 0 Å². The molecule has 4 aliphatic rings. The van der Waals surface area contributed by atoms with E-state index in [-0.39, 0.29) is 6.79 Å². The monoisotopic (exact) mass is 421 g/mol. The Bertz CT molecular complexity index is 1160. The number of hydrogen-bond donors (Lipinski definition) is 3. The molecule has 1 spiro atoms. The first kappa shape index (κ1) is 18.3. The molecule has 3 amide bonds. The van der Waals surface area contributed by atoms with Crippen molar-refractivity contribution < 1.29 is 29.0 Å². The summed E-state index contributed by atoms with van der Waals surface area (Å²) in [5.41, 5.74) is 0.110. The molecule has 5 atom stereocenters. The first-order valence-corrected chi connectivity index (χ1v) is 10.1. The number of nitrogens with one attached hydrogen (secondary N) is 2. The number of hydrogen-bond acceptors (Lipinski definition) is 7. The molecule has 9 heteroatoms. The van der Waals surface area contributed by atoms with Gasteiger partial charge in [0, 0.05) is 23.4 Å². The molecular weight excluding hydrogens is 402 g/mol. The topological polar surface area (TPSA) is 117 Å². The summed E-state index contributed by atoms with van der Waals surface area (Å²) in [5.74, 6) is -2.26. The Balaban J connectivity index is 1.50. The zero-order chi connectivity index (χ0) is 21.5. The van der Waals surface area contributed by atoms with Gasteiger partial charge in [-0.2, -0.15) is 0 Å². The third-order valence-corrected chi connectivity index (χ3v) is 6.69. The maximum absolute atomic E-state index is 13.7. The minimum atomic E-state index is -1.43. The minimum Gasteiger partial charge on any atom is -0.454 e. The molecule has 158 valence electrons. The number of aliphatic hydroxyl groups excluding tert-OH is 1. The van der Waals surface area contributed by atoms with E-state index in [1.807, 2.05) is 0 Å². The number of nitrogens with zero attached hydrogens (tertiary/aromatic N) is 1. The van der Waals surface area contributed by atoms with Crippen molar-refractivity contribution in [3.8, 4) is 11.5 Å². The highest BCUT2D eigenvalue weighted by Crippen LogP contribution is 2.54. The second-order valence-electron chi connectivity index (χ2n) is 8.27. The zero-order valence-electron chi connectivity index (χ0n) is 16.5. The number of ether oxygens (including phenoxy) is 2. The van der Waals surface area contributed by atoms with Gasteiger partial charge in [0.05, 0.1) is 23.6 Å². The summed E-state index contributed by atoms with van der Waals surface area (Å²) < 4.78 is 10.7. The molecule has 6 rings (SSSR count). The molecule has 5 unspecified atom stereocenters. The number of fused-ring (bicyclic) bond motifs is 5. The second kappa shape index (κ2) is 6.05. The molecule has 2 aromatic carbocycles. The van der Waals surface area contributed by atoms with Gasteiger partial charge in [0.2, 0.25) is 24.5 Å². The molecule has 3 N–H and O–H groups in total. The van der Waals surface area contributed by atoms with E-state index in [0.717, 1.165) is 4.90 Å². The van der Waals surface area contributed by atoms with E-state index in [2.05, 4.69) is 10.6 Å². The van der Waals surface area contributed by atoms with Crippen LogP contribution in [0.3, 0.4) is 0 Å². The molecule has 0 aliphatic carbocycles. The van der Waals surface area contributed by atoms with Crippen LogP contribution in [0.15, 0.2) is 42.5 Å². The number of para-hydroxylation sites is 1. The fraction of sp³-hybridized carbons (Fsp3) is 0.318. The van der Waals surface area contributed by atoms with Crippen molar-refractivity contribution in [2.75, 3.05) is 17.0 Å². The molecule has 0 saturated carbocycles. The van der Waals surface area contributed by atoms with Crippen LogP contribution >= 0.6 is 0 Å². The van der Waals surface area contributed by atoms with Gasteiger partial charge in [0.15, 0.2) is 11.5 Å². The molecule has 0 aromatic heterocycles. The number of benzene rings is 2. The molecule has 4 aliphatic heterocycles. The summed E-state index contributed by atoms with van der Waals surface area (Å²) in [6.45, 7) is 1.62. The molecular formula is C22H19N3O6. The third kappa shape index (κ3) is 2.19. The molecule has 2 saturated heterocycles. The zero-order valence-corrected chi connectivity index (χ0v) is 16.5. The molecule has 0 radical (unpaired) electrons. The van der Waals surface area contributed by atoms with Crippen LogP contribution in [0.5, 0.6) is 11.5 Å².